The second kappa shape index (κ2) is 12.0. The molecule has 10 aromatic carbocycles. The Morgan fingerprint density at radius 3 is 1.40 bits per heavy atom. The van der Waals surface area contributed by atoms with Gasteiger partial charge in [0.25, 0.3) is 0 Å². The van der Waals surface area contributed by atoms with Gasteiger partial charge in [-0.3, -0.25) is 0 Å². The molecule has 0 fully saturated rings. The van der Waals surface area contributed by atoms with Gasteiger partial charge in [0.05, 0.1) is 0 Å². The molecule has 0 amide bonds. The van der Waals surface area contributed by atoms with Crippen LogP contribution in [0.3, 0.4) is 0 Å². The fraction of sp³-hybridized carbons (Fsp3) is 0. The van der Waals surface area contributed by atoms with Crippen LogP contribution in [0, 0.1) is 0 Å². The highest BCUT2D eigenvalue weighted by atomic mass is 32.1. The molecule has 246 valence electrons. The maximum atomic E-state index is 2.39. The third-order valence-corrected chi connectivity index (χ3v) is 12.1. The van der Waals surface area contributed by atoms with Crippen molar-refractivity contribution in [3.63, 3.8) is 0 Å². The Kier molecular flexibility index (Phi) is 6.83. The van der Waals surface area contributed by atoms with Crippen LogP contribution < -0.4 is 0 Å². The molecule has 0 saturated heterocycles. The molecule has 0 aliphatic heterocycles. The lowest BCUT2D eigenvalue weighted by Crippen LogP contribution is -1.91. The molecule has 0 unspecified atom stereocenters. The van der Waals surface area contributed by atoms with Crippen molar-refractivity contribution in [1.82, 2.24) is 0 Å². The van der Waals surface area contributed by atoms with Gasteiger partial charge in [-0.25, -0.2) is 0 Å². The van der Waals surface area contributed by atoms with Crippen molar-refractivity contribution in [3.8, 4) is 44.5 Å². The van der Waals surface area contributed by atoms with Crippen LogP contribution in [-0.4, -0.2) is 0 Å². The minimum absolute atomic E-state index is 1.23. The first-order valence-electron chi connectivity index (χ1n) is 18.2. The van der Waals surface area contributed by atoms with E-state index in [-0.39, 0.29) is 0 Å². The second-order valence-corrected chi connectivity index (χ2v) is 15.2. The summed E-state index contributed by atoms with van der Waals surface area (Å²) in [5.41, 5.74) is 9.95. The Morgan fingerprint density at radius 2 is 0.698 bits per heavy atom. The van der Waals surface area contributed by atoms with Gasteiger partial charge in [-0.15, -0.1) is 11.3 Å². The van der Waals surface area contributed by atoms with Crippen molar-refractivity contribution in [2.24, 2.45) is 0 Å². The maximum Gasteiger partial charge on any atom is 0.0361 e. The van der Waals surface area contributed by atoms with E-state index in [0.29, 0.717) is 0 Å². The molecule has 1 heteroatoms. The summed E-state index contributed by atoms with van der Waals surface area (Å²) in [6, 6.07) is 71.8. The van der Waals surface area contributed by atoms with E-state index in [1.54, 1.807) is 0 Å². The molecule has 53 heavy (non-hydrogen) atoms. The molecular weight excluding hydrogens is 657 g/mol. The molecular formula is C52H32S. The van der Waals surface area contributed by atoms with Gasteiger partial charge >= 0.3 is 0 Å². The molecule has 0 spiro atoms. The van der Waals surface area contributed by atoms with E-state index in [1.165, 1.54) is 108 Å². The predicted octanol–water partition coefficient (Wildman–Crippen LogP) is 15.3. The maximum absolute atomic E-state index is 2.39. The largest absolute Gasteiger partial charge is 0.135 e. The standard InChI is InChI=1S/C52H32S/c1-2-11-36-28-40(25-22-33(36)10-1)34-20-23-35(24-21-34)51-43-16-5-7-18-45(43)52(46-19-8-6-17-44(46)51)42-15-9-14-37(29-42)41-26-27-49-47(31-41)48-30-38-12-3-4-13-39(38)32-50(48)53-49/h1-32H. The lowest BCUT2D eigenvalue weighted by Gasteiger charge is -2.18. The van der Waals surface area contributed by atoms with E-state index >= 15 is 0 Å². The van der Waals surface area contributed by atoms with E-state index < -0.39 is 0 Å². The second-order valence-electron chi connectivity index (χ2n) is 14.1. The number of hydrogen-bond acceptors (Lipinski definition) is 1. The van der Waals surface area contributed by atoms with Crippen LogP contribution >= 0.6 is 11.3 Å². The number of fused-ring (bicyclic) bond motifs is 7. The zero-order chi connectivity index (χ0) is 34.9. The third-order valence-electron chi connectivity index (χ3n) is 11.0. The first-order chi connectivity index (χ1) is 26.2. The zero-order valence-corrected chi connectivity index (χ0v) is 29.7. The number of rotatable bonds is 4. The summed E-state index contributed by atoms with van der Waals surface area (Å²) in [6.45, 7) is 0. The minimum Gasteiger partial charge on any atom is -0.135 e. The van der Waals surface area contributed by atoms with Gasteiger partial charge < -0.3 is 0 Å². The van der Waals surface area contributed by atoms with Gasteiger partial charge in [0.15, 0.2) is 0 Å². The van der Waals surface area contributed by atoms with Gasteiger partial charge in [0.2, 0.25) is 0 Å². The SMILES string of the molecule is c1cc(-c2ccc3sc4cc5ccccc5cc4c3c2)cc(-c2c3ccccc3c(-c3ccc(-c4ccc5ccccc5c4)cc3)c3ccccc23)c1. The van der Waals surface area contributed by atoms with E-state index in [9.17, 15) is 0 Å². The van der Waals surface area contributed by atoms with E-state index in [0.717, 1.165) is 0 Å². The summed E-state index contributed by atoms with van der Waals surface area (Å²) in [7, 11) is 0. The summed E-state index contributed by atoms with van der Waals surface area (Å²) in [6.07, 6.45) is 0. The average Bonchev–Trinajstić information content (AvgIpc) is 3.58. The van der Waals surface area contributed by atoms with Gasteiger partial charge in [-0.05, 0) is 124 Å². The van der Waals surface area contributed by atoms with Gasteiger partial charge in [-0.1, -0.05) is 158 Å². The molecule has 0 nitrogen and oxygen atoms in total. The topological polar surface area (TPSA) is 0 Å². The molecule has 0 aliphatic carbocycles. The van der Waals surface area contributed by atoms with Crippen LogP contribution in [0.25, 0.3) is 108 Å². The minimum atomic E-state index is 1.23. The highest BCUT2D eigenvalue weighted by Gasteiger charge is 2.17. The average molecular weight is 689 g/mol. The molecule has 0 aliphatic rings. The van der Waals surface area contributed by atoms with Crippen LogP contribution in [0.1, 0.15) is 0 Å². The molecule has 0 bridgehead atoms. The molecule has 11 aromatic rings. The molecule has 0 atom stereocenters. The highest BCUT2D eigenvalue weighted by molar-refractivity contribution is 7.25. The summed E-state index contributed by atoms with van der Waals surface area (Å²) in [5.74, 6) is 0. The summed E-state index contributed by atoms with van der Waals surface area (Å²) in [4.78, 5) is 0. The number of hydrogen-bond donors (Lipinski definition) is 0. The molecule has 0 saturated carbocycles. The first kappa shape index (κ1) is 30.1. The number of benzene rings is 10. The van der Waals surface area contributed by atoms with Crippen LogP contribution in [0.5, 0.6) is 0 Å². The van der Waals surface area contributed by atoms with Crippen molar-refractivity contribution in [1.29, 1.82) is 0 Å². The lowest BCUT2D eigenvalue weighted by atomic mass is 9.85. The summed E-state index contributed by atoms with van der Waals surface area (Å²) >= 11 is 1.88. The number of thiophene rings is 1. The van der Waals surface area contributed by atoms with Gasteiger partial charge in [-0.2, -0.15) is 0 Å². The predicted molar refractivity (Wildman–Crippen MR) is 231 cm³/mol. The highest BCUT2D eigenvalue weighted by Crippen LogP contribution is 2.45. The Labute approximate surface area is 311 Å². The Bertz CT molecular complexity index is 3160. The van der Waals surface area contributed by atoms with Crippen LogP contribution in [0.15, 0.2) is 194 Å². The smallest absolute Gasteiger partial charge is 0.0361 e. The Morgan fingerprint density at radius 1 is 0.226 bits per heavy atom. The van der Waals surface area contributed by atoms with E-state index in [2.05, 4.69) is 194 Å². The molecule has 1 aromatic heterocycles. The Balaban J connectivity index is 1.05. The lowest BCUT2D eigenvalue weighted by molar-refractivity contribution is 1.62. The molecule has 0 radical (unpaired) electrons. The van der Waals surface area contributed by atoms with Crippen LogP contribution in [0.4, 0.5) is 0 Å². The van der Waals surface area contributed by atoms with Crippen molar-refractivity contribution < 1.29 is 0 Å². The fourth-order valence-electron chi connectivity index (χ4n) is 8.44. The van der Waals surface area contributed by atoms with Crippen LogP contribution in [-0.2, 0) is 0 Å². The van der Waals surface area contributed by atoms with Crippen molar-refractivity contribution in [3.05, 3.63) is 194 Å². The Hall–Kier alpha value is -6.54. The van der Waals surface area contributed by atoms with Crippen molar-refractivity contribution in [2.75, 3.05) is 0 Å². The quantitative estimate of drug-likeness (QED) is 0.162. The zero-order valence-electron chi connectivity index (χ0n) is 28.9. The fourth-order valence-corrected chi connectivity index (χ4v) is 9.56. The first-order valence-corrected chi connectivity index (χ1v) is 19.1. The summed E-state index contributed by atoms with van der Waals surface area (Å²) < 4.78 is 2.67. The van der Waals surface area contributed by atoms with E-state index in [1.807, 2.05) is 11.3 Å². The van der Waals surface area contributed by atoms with Crippen molar-refractivity contribution >= 4 is 74.6 Å². The molecule has 11 rings (SSSR count). The van der Waals surface area contributed by atoms with Gasteiger partial charge in [0, 0.05) is 20.2 Å². The third kappa shape index (κ3) is 4.97. The van der Waals surface area contributed by atoms with Crippen LogP contribution in [0.2, 0.25) is 0 Å². The van der Waals surface area contributed by atoms with Gasteiger partial charge in [0.1, 0.15) is 0 Å². The monoisotopic (exact) mass is 688 g/mol. The summed E-state index contributed by atoms with van der Waals surface area (Å²) in [5, 5.41) is 12.8. The van der Waals surface area contributed by atoms with Crippen molar-refractivity contribution in [2.45, 2.75) is 0 Å². The molecule has 0 N–H and O–H groups in total. The van der Waals surface area contributed by atoms with E-state index in [4.69, 9.17) is 0 Å². The molecule has 1 heterocycles. The normalized spacial score (nSPS) is 11.8.